The molecule has 3 aromatic rings. The molecule has 3 aromatic heterocycles. The number of methoxy groups -OCH3 is 1. The molecule has 0 radical (unpaired) electrons. The first-order chi connectivity index (χ1) is 13.7. The number of nitrogens with zero attached hydrogens (tertiary/aromatic N) is 4. The molecule has 0 saturated carbocycles. The number of sulfone groups is 1. The molecule has 0 spiro atoms. The summed E-state index contributed by atoms with van der Waals surface area (Å²) in [7, 11) is -1.76. The number of carbonyl (C=O) groups is 1. The van der Waals surface area contributed by atoms with Gasteiger partial charge in [0.15, 0.2) is 9.84 Å². The fourth-order valence-corrected chi connectivity index (χ4v) is 4.58. The number of rotatable bonds is 6. The fourth-order valence-electron chi connectivity index (χ4n) is 2.51. The van der Waals surface area contributed by atoms with E-state index in [1.807, 2.05) is 0 Å². The van der Waals surface area contributed by atoms with E-state index in [2.05, 4.69) is 25.5 Å². The van der Waals surface area contributed by atoms with Gasteiger partial charge in [-0.15, -0.1) is 10.2 Å². The molecular formula is C17H16ClN5O4S2. The van der Waals surface area contributed by atoms with Gasteiger partial charge in [0, 0.05) is 29.3 Å². The first-order valence-electron chi connectivity index (χ1n) is 8.14. The van der Waals surface area contributed by atoms with Gasteiger partial charge in [-0.2, -0.15) is 0 Å². The predicted molar refractivity (Wildman–Crippen MR) is 110 cm³/mol. The number of aryl methyl sites for hydroxylation is 1. The van der Waals surface area contributed by atoms with E-state index in [4.69, 9.17) is 16.3 Å². The number of pyridine rings is 2. The maximum absolute atomic E-state index is 12.9. The lowest BCUT2D eigenvalue weighted by Gasteiger charge is -2.13. The largest absolute Gasteiger partial charge is 0.494 e. The van der Waals surface area contributed by atoms with Crippen LogP contribution in [0.3, 0.4) is 0 Å². The molecule has 0 bridgehead atoms. The second kappa shape index (κ2) is 8.39. The zero-order valence-electron chi connectivity index (χ0n) is 15.6. The van der Waals surface area contributed by atoms with E-state index in [1.165, 1.54) is 19.5 Å². The van der Waals surface area contributed by atoms with Gasteiger partial charge in [0.05, 0.1) is 18.9 Å². The Kier molecular flexibility index (Phi) is 6.10. The third-order valence-electron chi connectivity index (χ3n) is 3.70. The molecule has 9 nitrogen and oxygen atoms in total. The van der Waals surface area contributed by atoms with Gasteiger partial charge in [-0.05, 0) is 19.1 Å². The van der Waals surface area contributed by atoms with Crippen LogP contribution < -0.4 is 10.1 Å². The normalized spacial score (nSPS) is 11.3. The van der Waals surface area contributed by atoms with Crippen molar-refractivity contribution in [2.75, 3.05) is 18.7 Å². The van der Waals surface area contributed by atoms with Crippen molar-refractivity contribution in [3.05, 3.63) is 45.9 Å². The van der Waals surface area contributed by atoms with Crippen LogP contribution in [0.1, 0.15) is 21.1 Å². The standard InChI is InChI=1S/C17H16ClN5O4S2/c1-9-4-10(11-5-14(18)20-7-13(11)27-2)12(6-19-9)16(24)21-17-23-22-15(28-17)8-29(3,25)26/h4-7H,8H2,1-3H3,(H,21,23,24). The predicted octanol–water partition coefficient (Wildman–Crippen LogP) is 2.76. The Morgan fingerprint density at radius 1 is 1.21 bits per heavy atom. The number of nitrogens with one attached hydrogen (secondary N) is 1. The van der Waals surface area contributed by atoms with Crippen molar-refractivity contribution < 1.29 is 17.9 Å². The van der Waals surface area contributed by atoms with Gasteiger partial charge in [0.2, 0.25) is 5.13 Å². The van der Waals surface area contributed by atoms with Gasteiger partial charge in [0.25, 0.3) is 5.91 Å². The highest BCUT2D eigenvalue weighted by molar-refractivity contribution is 7.90. The molecule has 0 atom stereocenters. The van der Waals surface area contributed by atoms with Crippen LogP contribution >= 0.6 is 22.9 Å². The summed E-state index contributed by atoms with van der Waals surface area (Å²) in [5.41, 5.74) is 2.09. The summed E-state index contributed by atoms with van der Waals surface area (Å²) in [6.07, 6.45) is 4.01. The monoisotopic (exact) mass is 453 g/mol. The number of aromatic nitrogens is 4. The van der Waals surface area contributed by atoms with E-state index in [-0.39, 0.29) is 26.6 Å². The van der Waals surface area contributed by atoms with Gasteiger partial charge < -0.3 is 4.74 Å². The molecule has 1 N–H and O–H groups in total. The number of ether oxygens (including phenoxy) is 1. The molecule has 0 aromatic carbocycles. The molecule has 12 heteroatoms. The molecule has 0 unspecified atom stereocenters. The second-order valence-electron chi connectivity index (χ2n) is 6.10. The maximum Gasteiger partial charge on any atom is 0.259 e. The van der Waals surface area contributed by atoms with Crippen LogP contribution in [0, 0.1) is 6.92 Å². The van der Waals surface area contributed by atoms with Gasteiger partial charge in [-0.25, -0.2) is 13.4 Å². The highest BCUT2D eigenvalue weighted by Gasteiger charge is 2.20. The number of amides is 1. The number of carbonyl (C=O) groups excluding carboxylic acids is 1. The third kappa shape index (κ3) is 5.25. The van der Waals surface area contributed by atoms with Crippen molar-refractivity contribution in [3.8, 4) is 16.9 Å². The Bertz CT molecular complexity index is 1180. The molecule has 29 heavy (non-hydrogen) atoms. The van der Waals surface area contributed by atoms with E-state index in [0.29, 0.717) is 22.6 Å². The topological polar surface area (TPSA) is 124 Å². The van der Waals surface area contributed by atoms with Crippen LogP contribution in [0.4, 0.5) is 5.13 Å². The first-order valence-corrected chi connectivity index (χ1v) is 11.4. The quantitative estimate of drug-likeness (QED) is 0.565. The zero-order chi connectivity index (χ0) is 21.2. The third-order valence-corrected chi connectivity index (χ3v) is 5.73. The smallest absolute Gasteiger partial charge is 0.259 e. The number of hydrogen-bond donors (Lipinski definition) is 1. The lowest BCUT2D eigenvalue weighted by molar-refractivity contribution is 0.102. The average Bonchev–Trinajstić information content (AvgIpc) is 3.06. The molecule has 3 rings (SSSR count). The summed E-state index contributed by atoms with van der Waals surface area (Å²) < 4.78 is 28.1. The molecule has 0 saturated heterocycles. The summed E-state index contributed by atoms with van der Waals surface area (Å²) in [4.78, 5) is 21.1. The number of anilines is 1. The van der Waals surface area contributed by atoms with Crippen molar-refractivity contribution in [3.63, 3.8) is 0 Å². The summed E-state index contributed by atoms with van der Waals surface area (Å²) >= 11 is 7.02. The van der Waals surface area contributed by atoms with Gasteiger partial charge >= 0.3 is 0 Å². The highest BCUT2D eigenvalue weighted by atomic mass is 35.5. The molecular weight excluding hydrogens is 438 g/mol. The van der Waals surface area contributed by atoms with E-state index in [9.17, 15) is 13.2 Å². The van der Waals surface area contributed by atoms with E-state index < -0.39 is 15.7 Å². The average molecular weight is 454 g/mol. The molecule has 0 aliphatic carbocycles. The lowest BCUT2D eigenvalue weighted by atomic mass is 10.0. The Balaban J connectivity index is 1.96. The molecule has 152 valence electrons. The lowest BCUT2D eigenvalue weighted by Crippen LogP contribution is -2.14. The Morgan fingerprint density at radius 3 is 2.66 bits per heavy atom. The maximum atomic E-state index is 12.9. The van der Waals surface area contributed by atoms with Crippen LogP contribution in [-0.4, -0.2) is 47.9 Å². The minimum absolute atomic E-state index is 0.180. The summed E-state index contributed by atoms with van der Waals surface area (Å²) in [5, 5.41) is 11.0. The van der Waals surface area contributed by atoms with Crippen LogP contribution in [0.2, 0.25) is 5.15 Å². The summed E-state index contributed by atoms with van der Waals surface area (Å²) in [6.45, 7) is 1.79. The van der Waals surface area contributed by atoms with Gasteiger partial charge in [-0.3, -0.25) is 15.1 Å². The van der Waals surface area contributed by atoms with Gasteiger partial charge in [-0.1, -0.05) is 22.9 Å². The molecule has 0 aliphatic rings. The number of halogens is 1. The van der Waals surface area contributed by atoms with Crippen molar-refractivity contribution in [2.45, 2.75) is 12.7 Å². The van der Waals surface area contributed by atoms with Crippen molar-refractivity contribution in [2.24, 2.45) is 0 Å². The zero-order valence-corrected chi connectivity index (χ0v) is 18.0. The summed E-state index contributed by atoms with van der Waals surface area (Å²) in [5.74, 6) is -0.283. The molecule has 3 heterocycles. The summed E-state index contributed by atoms with van der Waals surface area (Å²) in [6, 6.07) is 3.33. The number of hydrogen-bond acceptors (Lipinski definition) is 9. The fraction of sp³-hybridized carbons (Fsp3) is 0.235. The van der Waals surface area contributed by atoms with Crippen LogP contribution in [0.15, 0.2) is 24.5 Å². The van der Waals surface area contributed by atoms with Crippen molar-refractivity contribution >= 4 is 43.8 Å². The van der Waals surface area contributed by atoms with Crippen LogP contribution in [0.5, 0.6) is 5.75 Å². The van der Waals surface area contributed by atoms with Crippen LogP contribution in [0.25, 0.3) is 11.1 Å². The SMILES string of the molecule is COc1cnc(Cl)cc1-c1cc(C)ncc1C(=O)Nc1nnc(CS(C)(=O)=O)s1. The first kappa shape index (κ1) is 21.1. The van der Waals surface area contributed by atoms with E-state index >= 15 is 0 Å². The van der Waals surface area contributed by atoms with Crippen LogP contribution in [-0.2, 0) is 15.6 Å². The molecule has 0 aliphatic heterocycles. The molecule has 0 fully saturated rings. The Morgan fingerprint density at radius 2 is 1.97 bits per heavy atom. The van der Waals surface area contributed by atoms with E-state index in [0.717, 1.165) is 17.6 Å². The van der Waals surface area contributed by atoms with Crippen molar-refractivity contribution in [1.82, 2.24) is 20.2 Å². The Hall–Kier alpha value is -2.63. The minimum Gasteiger partial charge on any atom is -0.494 e. The molecule has 1 amide bonds. The second-order valence-corrected chi connectivity index (χ2v) is 9.69. The van der Waals surface area contributed by atoms with Gasteiger partial charge in [0.1, 0.15) is 21.7 Å². The Labute approximate surface area is 176 Å². The highest BCUT2D eigenvalue weighted by Crippen LogP contribution is 2.34. The van der Waals surface area contributed by atoms with Crippen molar-refractivity contribution in [1.29, 1.82) is 0 Å². The minimum atomic E-state index is -3.25. The van der Waals surface area contributed by atoms with E-state index in [1.54, 1.807) is 19.1 Å².